The topological polar surface area (TPSA) is 51.0 Å². The highest BCUT2D eigenvalue weighted by Gasteiger charge is 2.50. The van der Waals surface area contributed by atoms with E-state index in [1.807, 2.05) is 0 Å². The Labute approximate surface area is 127 Å². The number of aromatic nitrogens is 2. The van der Waals surface area contributed by atoms with Crippen LogP contribution in [-0.4, -0.2) is 15.7 Å². The predicted octanol–water partition coefficient (Wildman–Crippen LogP) is 3.50. The molecule has 0 amide bonds. The molecule has 0 unspecified atom stereocenters. The lowest BCUT2D eigenvalue weighted by atomic mass is 9.52. The molecule has 1 aromatic heterocycles. The maximum absolute atomic E-state index is 6.02. The van der Waals surface area contributed by atoms with Gasteiger partial charge in [-0.3, -0.25) is 0 Å². The maximum atomic E-state index is 6.02. The third kappa shape index (κ3) is 2.63. The summed E-state index contributed by atoms with van der Waals surface area (Å²) in [5.74, 6) is 5.83. The molecule has 1 aromatic rings. The van der Waals surface area contributed by atoms with E-state index in [-0.39, 0.29) is 5.54 Å². The summed E-state index contributed by atoms with van der Waals surface area (Å²) in [7, 11) is 0. The van der Waals surface area contributed by atoms with Gasteiger partial charge in [0.25, 0.3) is 0 Å². The molecule has 4 aliphatic rings. The molecule has 4 aliphatic carbocycles. The molecule has 4 bridgehead atoms. The summed E-state index contributed by atoms with van der Waals surface area (Å²) in [4.78, 5) is 0. The Balaban J connectivity index is 1.48. The zero-order chi connectivity index (χ0) is 14.6. The largest absolute Gasteiger partial charge is 0.424 e. The highest BCUT2D eigenvalue weighted by molar-refractivity contribution is 5.08. The van der Waals surface area contributed by atoms with Gasteiger partial charge in [0.15, 0.2) is 0 Å². The number of hydrogen-bond acceptors (Lipinski definition) is 4. The first-order valence-corrected chi connectivity index (χ1v) is 8.55. The van der Waals surface area contributed by atoms with Crippen LogP contribution >= 0.6 is 0 Å². The minimum Gasteiger partial charge on any atom is -0.424 e. The molecule has 4 saturated carbocycles. The Kier molecular flexibility index (Phi) is 3.14. The quantitative estimate of drug-likeness (QED) is 0.925. The van der Waals surface area contributed by atoms with Crippen LogP contribution in [0.15, 0.2) is 4.42 Å². The number of rotatable bonds is 3. The maximum Gasteiger partial charge on any atom is 0.230 e. The summed E-state index contributed by atoms with van der Waals surface area (Å²) in [6.45, 7) is 7.13. The lowest BCUT2D eigenvalue weighted by Gasteiger charge is -2.53. The molecule has 116 valence electrons. The Bertz CT molecular complexity index is 488. The van der Waals surface area contributed by atoms with Crippen molar-refractivity contribution in [3.05, 3.63) is 11.8 Å². The molecular weight excluding hydrogens is 262 g/mol. The minimum absolute atomic E-state index is 0.0806. The molecule has 0 aliphatic heterocycles. The van der Waals surface area contributed by atoms with E-state index < -0.39 is 0 Å². The van der Waals surface area contributed by atoms with Crippen LogP contribution in [0.25, 0.3) is 0 Å². The van der Waals surface area contributed by atoms with Crippen LogP contribution in [0.2, 0.25) is 0 Å². The van der Waals surface area contributed by atoms with Crippen molar-refractivity contribution in [2.45, 2.75) is 70.9 Å². The lowest BCUT2D eigenvalue weighted by molar-refractivity contribution is -0.0118. The third-order valence-corrected chi connectivity index (χ3v) is 5.76. The van der Waals surface area contributed by atoms with Gasteiger partial charge in [-0.2, -0.15) is 0 Å². The van der Waals surface area contributed by atoms with Gasteiger partial charge < -0.3 is 9.73 Å². The first-order chi connectivity index (χ1) is 9.98. The molecule has 4 nitrogen and oxygen atoms in total. The molecule has 0 spiro atoms. The Morgan fingerprint density at radius 2 is 1.62 bits per heavy atom. The van der Waals surface area contributed by atoms with Gasteiger partial charge in [-0.15, -0.1) is 10.2 Å². The van der Waals surface area contributed by atoms with Gasteiger partial charge >= 0.3 is 0 Å². The minimum atomic E-state index is 0.0806. The molecule has 0 radical (unpaired) electrons. The molecule has 1 heterocycles. The lowest BCUT2D eigenvalue weighted by Crippen LogP contribution is -2.43. The molecule has 5 rings (SSSR count). The number of hydrogen-bond donors (Lipinski definition) is 1. The highest BCUT2D eigenvalue weighted by Crippen LogP contribution is 2.59. The molecule has 4 heteroatoms. The van der Waals surface area contributed by atoms with Crippen molar-refractivity contribution in [1.82, 2.24) is 15.5 Å². The van der Waals surface area contributed by atoms with Crippen molar-refractivity contribution >= 4 is 0 Å². The number of nitrogens with zero attached hydrogens (tertiary/aromatic N) is 2. The van der Waals surface area contributed by atoms with Crippen LogP contribution in [0.5, 0.6) is 0 Å². The van der Waals surface area contributed by atoms with Crippen LogP contribution in [0.4, 0.5) is 0 Å². The normalized spacial score (nSPS) is 38.1. The van der Waals surface area contributed by atoms with Gasteiger partial charge in [0.1, 0.15) is 0 Å². The molecule has 0 atom stereocenters. The molecule has 21 heavy (non-hydrogen) atoms. The second-order valence-electron chi connectivity index (χ2n) is 8.59. The zero-order valence-electron chi connectivity index (χ0n) is 13.4. The van der Waals surface area contributed by atoms with Crippen molar-refractivity contribution in [3.63, 3.8) is 0 Å². The summed E-state index contributed by atoms with van der Waals surface area (Å²) < 4.78 is 6.02. The molecule has 1 N–H and O–H groups in total. The standard InChI is InChI=1S/C17H27N3O/c1-17(2,3)18-9-14-19-20-16(21-14)15-12-5-10-4-11(7-12)8-13(15)6-10/h10-13,15,18H,4-9H2,1-3H3. The van der Waals surface area contributed by atoms with E-state index in [0.29, 0.717) is 12.5 Å². The van der Waals surface area contributed by atoms with E-state index in [1.165, 1.54) is 32.1 Å². The van der Waals surface area contributed by atoms with Gasteiger partial charge in [0, 0.05) is 11.5 Å². The Morgan fingerprint density at radius 1 is 1.00 bits per heavy atom. The monoisotopic (exact) mass is 289 g/mol. The number of nitrogens with one attached hydrogen (secondary N) is 1. The summed E-state index contributed by atoms with van der Waals surface area (Å²) >= 11 is 0. The first-order valence-electron chi connectivity index (χ1n) is 8.55. The molecule has 4 fully saturated rings. The molecule has 0 aromatic carbocycles. The average molecular weight is 289 g/mol. The van der Waals surface area contributed by atoms with E-state index in [4.69, 9.17) is 4.42 Å². The first kappa shape index (κ1) is 13.7. The Hall–Kier alpha value is -0.900. The highest BCUT2D eigenvalue weighted by atomic mass is 16.4. The summed E-state index contributed by atoms with van der Waals surface area (Å²) in [5.41, 5.74) is 0.0806. The predicted molar refractivity (Wildman–Crippen MR) is 80.7 cm³/mol. The van der Waals surface area contributed by atoms with Crippen LogP contribution in [0.3, 0.4) is 0 Å². The van der Waals surface area contributed by atoms with Crippen molar-refractivity contribution in [2.75, 3.05) is 0 Å². The van der Waals surface area contributed by atoms with Gasteiger partial charge in [-0.05, 0) is 76.5 Å². The smallest absolute Gasteiger partial charge is 0.230 e. The van der Waals surface area contributed by atoms with Crippen molar-refractivity contribution in [2.24, 2.45) is 23.7 Å². The van der Waals surface area contributed by atoms with E-state index in [1.54, 1.807) is 0 Å². The van der Waals surface area contributed by atoms with Crippen molar-refractivity contribution in [1.29, 1.82) is 0 Å². The van der Waals surface area contributed by atoms with E-state index in [9.17, 15) is 0 Å². The molecular formula is C17H27N3O. The van der Waals surface area contributed by atoms with Crippen molar-refractivity contribution < 1.29 is 4.42 Å². The summed E-state index contributed by atoms with van der Waals surface area (Å²) in [6.07, 6.45) is 7.08. The van der Waals surface area contributed by atoms with E-state index in [2.05, 4.69) is 36.3 Å². The second-order valence-corrected chi connectivity index (χ2v) is 8.59. The fourth-order valence-corrected chi connectivity index (χ4v) is 5.14. The van der Waals surface area contributed by atoms with Crippen molar-refractivity contribution in [3.8, 4) is 0 Å². The second kappa shape index (κ2) is 4.80. The summed E-state index contributed by atoms with van der Waals surface area (Å²) in [6, 6.07) is 0. The Morgan fingerprint density at radius 3 is 2.19 bits per heavy atom. The van der Waals surface area contributed by atoms with Gasteiger partial charge in [-0.1, -0.05) is 0 Å². The fourth-order valence-electron chi connectivity index (χ4n) is 5.14. The third-order valence-electron chi connectivity index (χ3n) is 5.76. The fraction of sp³-hybridized carbons (Fsp3) is 0.882. The van der Waals surface area contributed by atoms with Gasteiger partial charge in [0.2, 0.25) is 11.8 Å². The van der Waals surface area contributed by atoms with Crippen LogP contribution in [0, 0.1) is 23.7 Å². The van der Waals surface area contributed by atoms with Gasteiger partial charge in [-0.25, -0.2) is 0 Å². The summed E-state index contributed by atoms with van der Waals surface area (Å²) in [5, 5.41) is 12.1. The van der Waals surface area contributed by atoms with E-state index in [0.717, 1.165) is 35.5 Å². The molecule has 0 saturated heterocycles. The average Bonchev–Trinajstić information content (AvgIpc) is 2.83. The zero-order valence-corrected chi connectivity index (χ0v) is 13.4. The SMILES string of the molecule is CC(C)(C)NCc1nnc(C2C3CC4CC(C3)CC2C4)o1. The van der Waals surface area contributed by atoms with Crippen LogP contribution < -0.4 is 5.32 Å². The van der Waals surface area contributed by atoms with Gasteiger partial charge in [0.05, 0.1) is 6.54 Å². The van der Waals surface area contributed by atoms with Crippen LogP contribution in [-0.2, 0) is 6.54 Å². The van der Waals surface area contributed by atoms with E-state index >= 15 is 0 Å². The van der Waals surface area contributed by atoms with Crippen LogP contribution in [0.1, 0.15) is 70.6 Å².